The Labute approximate surface area is 231 Å². The molecule has 2 rings (SSSR count). The van der Waals surface area contributed by atoms with Crippen molar-refractivity contribution in [2.75, 3.05) is 39.8 Å². The number of pyridine rings is 1. The Kier molecular flexibility index (Phi) is 19.6. The normalized spacial score (nSPS) is 11.3. The molecule has 0 radical (unpaired) electrons. The largest absolute Gasteiger partial charge is 0.366 e. The van der Waals surface area contributed by atoms with E-state index < -0.39 is 5.91 Å². The molecule has 0 spiro atoms. The summed E-state index contributed by atoms with van der Waals surface area (Å²) in [6, 6.07) is 4.07. The van der Waals surface area contributed by atoms with Gasteiger partial charge in [-0.1, -0.05) is 54.9 Å². The van der Waals surface area contributed by atoms with Crippen molar-refractivity contribution >= 4 is 12.3 Å². The Morgan fingerprint density at radius 1 is 1.03 bits per heavy atom. The van der Waals surface area contributed by atoms with Gasteiger partial charge in [0.05, 0.1) is 11.8 Å². The van der Waals surface area contributed by atoms with Crippen LogP contribution >= 0.6 is 0 Å². The van der Waals surface area contributed by atoms with Crippen molar-refractivity contribution in [1.82, 2.24) is 29.5 Å². The molecule has 216 valence electrons. The van der Waals surface area contributed by atoms with Crippen LogP contribution in [0, 0.1) is 0 Å². The summed E-state index contributed by atoms with van der Waals surface area (Å²) < 4.78 is 1.71. The average molecular weight is 532 g/mol. The second-order valence-electron chi connectivity index (χ2n) is 9.00. The van der Waals surface area contributed by atoms with Crippen molar-refractivity contribution in [3.05, 3.63) is 41.9 Å². The topological polar surface area (TPSA) is 101 Å². The van der Waals surface area contributed by atoms with E-state index in [-0.39, 0.29) is 0 Å². The van der Waals surface area contributed by atoms with Crippen LogP contribution in [-0.2, 0) is 11.3 Å². The zero-order valence-corrected chi connectivity index (χ0v) is 25.2. The maximum atomic E-state index is 11.0. The highest BCUT2D eigenvalue weighted by Gasteiger charge is 2.14. The van der Waals surface area contributed by atoms with Crippen LogP contribution in [0.1, 0.15) is 90.1 Å². The molecule has 2 amide bonds. The van der Waals surface area contributed by atoms with Crippen molar-refractivity contribution in [1.29, 1.82) is 0 Å². The van der Waals surface area contributed by atoms with Crippen molar-refractivity contribution in [3.63, 3.8) is 0 Å². The highest BCUT2D eigenvalue weighted by Crippen LogP contribution is 2.11. The molecule has 0 bridgehead atoms. The van der Waals surface area contributed by atoms with Crippen molar-refractivity contribution < 1.29 is 9.59 Å². The van der Waals surface area contributed by atoms with Gasteiger partial charge in [0.15, 0.2) is 5.82 Å². The summed E-state index contributed by atoms with van der Waals surface area (Å²) in [5.74, 6) is 0.193. The van der Waals surface area contributed by atoms with Crippen LogP contribution < -0.4 is 5.73 Å². The van der Waals surface area contributed by atoms with Gasteiger partial charge in [-0.25, -0.2) is 9.67 Å². The van der Waals surface area contributed by atoms with E-state index in [4.69, 9.17) is 5.73 Å². The molecule has 2 heterocycles. The van der Waals surface area contributed by atoms with Crippen LogP contribution in [0.25, 0.3) is 5.82 Å². The number of rotatable bonds is 16. The first kappa shape index (κ1) is 35.2. The van der Waals surface area contributed by atoms with Crippen LogP contribution in [0.2, 0.25) is 0 Å². The predicted molar refractivity (Wildman–Crippen MR) is 157 cm³/mol. The summed E-state index contributed by atoms with van der Waals surface area (Å²) in [4.78, 5) is 32.3. The first-order valence-electron chi connectivity index (χ1n) is 14.2. The lowest BCUT2D eigenvalue weighted by Crippen LogP contribution is -2.39. The molecule has 0 aliphatic heterocycles. The molecule has 0 aliphatic carbocycles. The Hall–Kier alpha value is -2.78. The summed E-state index contributed by atoms with van der Waals surface area (Å²) in [7, 11) is 1.83. The lowest BCUT2D eigenvalue weighted by atomic mass is 10.1. The zero-order chi connectivity index (χ0) is 28.9. The molecule has 2 aromatic heterocycles. The summed E-state index contributed by atoms with van der Waals surface area (Å²) in [6.45, 7) is 20.9. The van der Waals surface area contributed by atoms with Gasteiger partial charge in [0.25, 0.3) is 0 Å². The number of hydrogen-bond donors (Lipinski definition) is 1. The van der Waals surface area contributed by atoms with Crippen LogP contribution in [-0.4, -0.2) is 87.6 Å². The number of amides is 2. The van der Waals surface area contributed by atoms with E-state index in [9.17, 15) is 9.59 Å². The Balaban J connectivity index is 0.000000714. The molecule has 2 aromatic rings. The van der Waals surface area contributed by atoms with Gasteiger partial charge in [-0.15, -0.1) is 0 Å². The van der Waals surface area contributed by atoms with Gasteiger partial charge < -0.3 is 10.6 Å². The zero-order valence-electron chi connectivity index (χ0n) is 25.2. The first-order chi connectivity index (χ1) is 18.3. The molecule has 0 aromatic carbocycles. The second kappa shape index (κ2) is 21.2. The van der Waals surface area contributed by atoms with E-state index >= 15 is 0 Å². The molecule has 0 aliphatic rings. The van der Waals surface area contributed by atoms with Gasteiger partial charge in [-0.2, -0.15) is 5.10 Å². The minimum atomic E-state index is -0.478. The van der Waals surface area contributed by atoms with Crippen LogP contribution in [0.5, 0.6) is 0 Å². The van der Waals surface area contributed by atoms with Gasteiger partial charge in [-0.3, -0.25) is 19.4 Å². The molecular formula is C29H53N7O2. The highest BCUT2D eigenvalue weighted by atomic mass is 16.1. The molecular weight excluding hydrogens is 478 g/mol. The van der Waals surface area contributed by atoms with E-state index in [1.807, 2.05) is 33.3 Å². The summed E-state index contributed by atoms with van der Waals surface area (Å²) in [5.41, 5.74) is 6.74. The molecule has 0 fully saturated rings. The number of carbonyl (C=O) groups is 2. The van der Waals surface area contributed by atoms with Gasteiger partial charge >= 0.3 is 0 Å². The van der Waals surface area contributed by atoms with Crippen molar-refractivity contribution in [2.45, 2.75) is 86.7 Å². The number of primary amides is 1. The monoisotopic (exact) mass is 531 g/mol. The molecule has 0 saturated heterocycles. The summed E-state index contributed by atoms with van der Waals surface area (Å²) in [5, 5.41) is 4.32. The van der Waals surface area contributed by atoms with Gasteiger partial charge in [-0.05, 0) is 51.0 Å². The molecule has 38 heavy (non-hydrogen) atoms. The SMILES string of the molecule is CC.CCCC(CC)N(CC)CCN(C)C=O.CCCN(CC)Cc1cnn(-c2ccc(C(N)=O)cn2)c1. The number of hydrogen-bond acceptors (Lipinski definition) is 6. The molecule has 1 unspecified atom stereocenters. The number of nitrogens with two attached hydrogens (primary N) is 1. The molecule has 9 nitrogen and oxygen atoms in total. The lowest BCUT2D eigenvalue weighted by Gasteiger charge is -2.30. The van der Waals surface area contributed by atoms with Crippen LogP contribution in [0.3, 0.4) is 0 Å². The Bertz CT molecular complexity index is 870. The van der Waals surface area contributed by atoms with E-state index in [0.717, 1.165) is 57.7 Å². The second-order valence-corrected chi connectivity index (χ2v) is 9.00. The molecule has 9 heteroatoms. The van der Waals surface area contributed by atoms with Crippen molar-refractivity contribution in [3.8, 4) is 5.82 Å². The first-order valence-corrected chi connectivity index (χ1v) is 14.2. The third-order valence-corrected chi connectivity index (χ3v) is 6.23. The fraction of sp³-hybridized carbons (Fsp3) is 0.655. The highest BCUT2D eigenvalue weighted by molar-refractivity contribution is 5.92. The lowest BCUT2D eigenvalue weighted by molar-refractivity contribution is -0.117. The maximum absolute atomic E-state index is 11.0. The molecule has 1 atom stereocenters. The average Bonchev–Trinajstić information content (AvgIpc) is 3.42. The predicted octanol–water partition coefficient (Wildman–Crippen LogP) is 4.60. The number of nitrogens with zero attached hydrogens (tertiary/aromatic N) is 6. The van der Waals surface area contributed by atoms with Crippen LogP contribution in [0.4, 0.5) is 0 Å². The van der Waals surface area contributed by atoms with Gasteiger partial charge in [0, 0.05) is 50.7 Å². The molecule has 0 saturated carbocycles. The minimum Gasteiger partial charge on any atom is -0.366 e. The van der Waals surface area contributed by atoms with Crippen LogP contribution in [0.15, 0.2) is 30.7 Å². The maximum Gasteiger partial charge on any atom is 0.250 e. The number of aromatic nitrogens is 3. The fourth-order valence-electron chi connectivity index (χ4n) is 4.07. The van der Waals surface area contributed by atoms with E-state index in [2.05, 4.69) is 54.5 Å². The molecule has 2 N–H and O–H groups in total. The fourth-order valence-corrected chi connectivity index (χ4v) is 4.07. The standard InChI is InChI=1S/C15H21N5O.C12H26N2O.C2H6/c1-3-7-19(4-2)10-12-8-18-20(11-12)14-6-5-13(9-17-14)15(16)21;1-5-8-12(6-2)14(7-3)10-9-13(4)11-15;1-2/h5-6,8-9,11H,3-4,7,10H2,1-2H3,(H2,16,21);11-12H,5-10H2,1-4H3;1-2H3. The van der Waals surface area contributed by atoms with Crippen molar-refractivity contribution in [2.24, 2.45) is 5.73 Å². The number of carbonyl (C=O) groups excluding carboxylic acids is 2. The summed E-state index contributed by atoms with van der Waals surface area (Å²) in [6.07, 6.45) is 11.0. The smallest absolute Gasteiger partial charge is 0.250 e. The quantitative estimate of drug-likeness (QED) is 0.318. The van der Waals surface area contributed by atoms with Gasteiger partial charge in [0.2, 0.25) is 12.3 Å². The van der Waals surface area contributed by atoms with E-state index in [0.29, 0.717) is 17.4 Å². The summed E-state index contributed by atoms with van der Waals surface area (Å²) >= 11 is 0. The third kappa shape index (κ3) is 13.1. The third-order valence-electron chi connectivity index (χ3n) is 6.23. The Morgan fingerprint density at radius 2 is 1.74 bits per heavy atom. The minimum absolute atomic E-state index is 0.395. The van der Waals surface area contributed by atoms with Gasteiger partial charge in [0.1, 0.15) is 0 Å². The number of likely N-dealkylation sites (N-methyl/N-ethyl adjacent to an activating group) is 2. The van der Waals surface area contributed by atoms with E-state index in [1.54, 1.807) is 21.7 Å². The Morgan fingerprint density at radius 3 is 2.21 bits per heavy atom. The van der Waals surface area contributed by atoms with E-state index in [1.165, 1.54) is 25.5 Å².